The Balaban J connectivity index is 1.48. The minimum absolute atomic E-state index is 0.00175. The number of rotatable bonds is 6. The van der Waals surface area contributed by atoms with E-state index in [1.165, 1.54) is 4.90 Å². The summed E-state index contributed by atoms with van der Waals surface area (Å²) in [6, 6.07) is 0. The number of alkyl halides is 3. The van der Waals surface area contributed by atoms with Gasteiger partial charge in [0.1, 0.15) is 6.54 Å². The number of hydrogen-bond donors (Lipinski definition) is 1. The summed E-state index contributed by atoms with van der Waals surface area (Å²) in [6.07, 6.45) is 1.77. The molecule has 31 heavy (non-hydrogen) atoms. The summed E-state index contributed by atoms with van der Waals surface area (Å²) in [4.78, 5) is 22.5. The van der Waals surface area contributed by atoms with Gasteiger partial charge in [0, 0.05) is 39.4 Å². The van der Waals surface area contributed by atoms with Crippen molar-refractivity contribution in [1.29, 1.82) is 0 Å². The highest BCUT2D eigenvalue weighted by Crippen LogP contribution is 2.24. The molecule has 1 N–H and O–H groups in total. The number of carbonyl (C=O) groups excluding carboxylic acids is 1. The number of nitrogens with one attached hydrogen (secondary N) is 1. The van der Waals surface area contributed by atoms with E-state index in [2.05, 4.69) is 10.4 Å². The van der Waals surface area contributed by atoms with Crippen LogP contribution in [0.1, 0.15) is 26.2 Å². The number of aliphatic imine (C=N–C) groups is 1. The third kappa shape index (κ3) is 6.84. The molecule has 174 valence electrons. The van der Waals surface area contributed by atoms with Crippen LogP contribution in [0.3, 0.4) is 0 Å². The Morgan fingerprint density at radius 3 is 2.58 bits per heavy atom. The van der Waals surface area contributed by atoms with Crippen LogP contribution in [0, 0.1) is 5.92 Å². The van der Waals surface area contributed by atoms with Gasteiger partial charge in [-0.2, -0.15) is 18.3 Å². The molecule has 0 radical (unpaired) electrons. The minimum atomic E-state index is -4.13. The van der Waals surface area contributed by atoms with Gasteiger partial charge in [0.15, 0.2) is 5.96 Å². The van der Waals surface area contributed by atoms with Crippen molar-refractivity contribution in [1.82, 2.24) is 24.9 Å². The number of piperazine rings is 1. The van der Waals surface area contributed by atoms with E-state index in [-0.39, 0.29) is 12.5 Å². The Kier molecular flexibility index (Phi) is 7.79. The molecule has 2 aliphatic rings. The molecule has 2 aliphatic heterocycles. The molecule has 0 unspecified atom stereocenters. The highest BCUT2D eigenvalue weighted by Gasteiger charge is 2.32. The van der Waals surface area contributed by atoms with Crippen LogP contribution < -0.4 is 10.2 Å². The van der Waals surface area contributed by atoms with Crippen LogP contribution >= 0.6 is 0 Å². The summed E-state index contributed by atoms with van der Waals surface area (Å²) in [5.74, 6) is 1.11. The van der Waals surface area contributed by atoms with Crippen LogP contribution in [-0.2, 0) is 11.8 Å². The van der Waals surface area contributed by atoms with Crippen molar-refractivity contribution in [3.63, 3.8) is 0 Å². The van der Waals surface area contributed by atoms with Gasteiger partial charge in [0.25, 0.3) is 0 Å². The Labute approximate surface area is 181 Å². The lowest BCUT2D eigenvalue weighted by Crippen LogP contribution is -2.55. The smallest absolute Gasteiger partial charge is 0.357 e. The first-order valence-electron chi connectivity index (χ1n) is 10.9. The summed E-state index contributed by atoms with van der Waals surface area (Å²) < 4.78 is 39.3. The van der Waals surface area contributed by atoms with Gasteiger partial charge in [-0.1, -0.05) is 0 Å². The van der Waals surface area contributed by atoms with Gasteiger partial charge in [-0.15, -0.1) is 0 Å². The predicted molar refractivity (Wildman–Crippen MR) is 113 cm³/mol. The van der Waals surface area contributed by atoms with Crippen molar-refractivity contribution < 1.29 is 18.0 Å². The molecule has 0 atom stereocenters. The van der Waals surface area contributed by atoms with Crippen LogP contribution in [0.2, 0.25) is 0 Å². The topological polar surface area (TPSA) is 69.0 Å². The molecule has 1 aromatic heterocycles. The summed E-state index contributed by atoms with van der Waals surface area (Å²) in [5.41, 5.74) is 0.797. The summed E-state index contributed by atoms with van der Waals surface area (Å²) in [6.45, 7) is 4.92. The molecular weight excluding hydrogens is 411 g/mol. The fourth-order valence-corrected chi connectivity index (χ4v) is 4.14. The average Bonchev–Trinajstić information content (AvgIpc) is 3.13. The molecule has 3 rings (SSSR count). The van der Waals surface area contributed by atoms with E-state index in [0.717, 1.165) is 30.9 Å². The van der Waals surface area contributed by atoms with Crippen molar-refractivity contribution >= 4 is 17.6 Å². The molecule has 3 heterocycles. The Morgan fingerprint density at radius 2 is 2.00 bits per heavy atom. The van der Waals surface area contributed by atoms with Crippen molar-refractivity contribution in [3.8, 4) is 0 Å². The second-order valence-corrected chi connectivity index (χ2v) is 8.20. The van der Waals surface area contributed by atoms with Gasteiger partial charge in [-0.05, 0) is 45.2 Å². The number of aromatic nitrogens is 2. The third-order valence-corrected chi connectivity index (χ3v) is 5.77. The van der Waals surface area contributed by atoms with Crippen LogP contribution in [0.5, 0.6) is 0 Å². The van der Waals surface area contributed by atoms with Crippen LogP contribution in [-0.4, -0.2) is 90.0 Å². The van der Waals surface area contributed by atoms with Gasteiger partial charge in [0.05, 0.1) is 18.4 Å². The second-order valence-electron chi connectivity index (χ2n) is 8.20. The lowest BCUT2D eigenvalue weighted by molar-refractivity contribution is -0.148. The second kappa shape index (κ2) is 10.3. The molecule has 1 amide bonds. The van der Waals surface area contributed by atoms with Crippen molar-refractivity contribution in [2.45, 2.75) is 32.4 Å². The molecule has 11 heteroatoms. The number of anilines is 1. The highest BCUT2D eigenvalue weighted by molar-refractivity contribution is 5.98. The number of aryl methyl sites for hydroxylation is 1. The van der Waals surface area contributed by atoms with Crippen molar-refractivity contribution in [2.24, 2.45) is 18.0 Å². The number of hydrogen-bond acceptors (Lipinski definition) is 4. The van der Waals surface area contributed by atoms with Gasteiger partial charge < -0.3 is 15.1 Å². The maximum absolute atomic E-state index is 12.7. The van der Waals surface area contributed by atoms with Gasteiger partial charge in [-0.25, -0.2) is 0 Å². The molecule has 0 bridgehead atoms. The molecular formula is C20H32F3N7O. The standard InChI is InChI=1S/C20H32F3N7O/c1-3-24-19(25-7-4-16-5-8-28(9-6-16)15-20(21,22)23)29-10-11-30(18(31)14-29)17-12-26-27(2)13-17/h12-13,16H,3-11,14-15H2,1-2H3,(H,24,25). The van der Waals surface area contributed by atoms with E-state index in [9.17, 15) is 18.0 Å². The first-order chi connectivity index (χ1) is 14.7. The number of halogens is 3. The van der Waals surface area contributed by atoms with E-state index >= 15 is 0 Å². The van der Waals surface area contributed by atoms with Crippen LogP contribution in [0.25, 0.3) is 0 Å². The summed E-state index contributed by atoms with van der Waals surface area (Å²) >= 11 is 0. The largest absolute Gasteiger partial charge is 0.401 e. The van der Waals surface area contributed by atoms with Crippen LogP contribution in [0.4, 0.5) is 18.9 Å². The lowest BCUT2D eigenvalue weighted by Gasteiger charge is -2.35. The molecule has 0 aromatic carbocycles. The summed E-state index contributed by atoms with van der Waals surface area (Å²) in [7, 11) is 1.82. The first-order valence-corrected chi connectivity index (χ1v) is 10.9. The Hall–Kier alpha value is -2.30. The average molecular weight is 444 g/mol. The maximum atomic E-state index is 12.7. The maximum Gasteiger partial charge on any atom is 0.401 e. The fourth-order valence-electron chi connectivity index (χ4n) is 4.14. The number of carbonyl (C=O) groups is 1. The SMILES string of the molecule is CCNC(=NCCC1CCN(CC(F)(F)F)CC1)N1CCN(c2cnn(C)c2)C(=O)C1. The third-order valence-electron chi connectivity index (χ3n) is 5.77. The Morgan fingerprint density at radius 1 is 1.26 bits per heavy atom. The lowest BCUT2D eigenvalue weighted by atomic mass is 9.93. The molecule has 0 spiro atoms. The van der Waals surface area contributed by atoms with Gasteiger partial charge >= 0.3 is 6.18 Å². The Bertz CT molecular complexity index is 756. The minimum Gasteiger partial charge on any atom is -0.357 e. The molecule has 2 fully saturated rings. The van der Waals surface area contributed by atoms with E-state index in [1.54, 1.807) is 15.8 Å². The highest BCUT2D eigenvalue weighted by atomic mass is 19.4. The quantitative estimate of drug-likeness (QED) is 0.536. The van der Waals surface area contributed by atoms with Crippen molar-refractivity contribution in [3.05, 3.63) is 12.4 Å². The number of guanidine groups is 1. The first kappa shape index (κ1) is 23.4. The van der Waals surface area contributed by atoms with Crippen molar-refractivity contribution in [2.75, 3.05) is 57.3 Å². The normalized spacial score (nSPS) is 19.9. The van der Waals surface area contributed by atoms with E-state index in [1.807, 2.05) is 25.1 Å². The zero-order valence-corrected chi connectivity index (χ0v) is 18.2. The predicted octanol–water partition coefficient (Wildman–Crippen LogP) is 1.70. The van der Waals surface area contributed by atoms with E-state index in [4.69, 9.17) is 4.99 Å². The zero-order chi connectivity index (χ0) is 22.4. The van der Waals surface area contributed by atoms with Gasteiger partial charge in [-0.3, -0.25) is 19.4 Å². The summed E-state index contributed by atoms with van der Waals surface area (Å²) in [5, 5.41) is 7.39. The number of nitrogens with zero attached hydrogens (tertiary/aromatic N) is 6. The number of likely N-dealkylation sites (tertiary alicyclic amines) is 1. The molecule has 0 aliphatic carbocycles. The molecule has 2 saturated heterocycles. The van der Waals surface area contributed by atoms with Crippen LogP contribution in [0.15, 0.2) is 17.4 Å². The molecule has 8 nitrogen and oxygen atoms in total. The number of piperidine rings is 1. The molecule has 0 saturated carbocycles. The van der Waals surface area contributed by atoms with E-state index in [0.29, 0.717) is 45.2 Å². The number of amides is 1. The van der Waals surface area contributed by atoms with Gasteiger partial charge in [0.2, 0.25) is 5.91 Å². The molecule has 1 aromatic rings. The zero-order valence-electron chi connectivity index (χ0n) is 18.2. The monoisotopic (exact) mass is 443 g/mol. The van der Waals surface area contributed by atoms with E-state index < -0.39 is 12.7 Å². The fraction of sp³-hybridized carbons (Fsp3) is 0.750.